The van der Waals surface area contributed by atoms with E-state index in [1.54, 1.807) is 18.5 Å². The molecular weight excluding hydrogens is 616 g/mol. The lowest BCUT2D eigenvalue weighted by Crippen LogP contribution is -2.70. The fourth-order valence-electron chi connectivity index (χ4n) is 4.84. The van der Waals surface area contributed by atoms with Gasteiger partial charge >= 0.3 is 12.1 Å². The Kier molecular flexibility index (Phi) is 14.2. The Hall–Kier alpha value is -3.11. The number of allylic oxidation sites excluding steroid dienone is 4. The van der Waals surface area contributed by atoms with Gasteiger partial charge in [-0.25, -0.2) is 18.9 Å². The third-order valence-corrected chi connectivity index (χ3v) is 8.90. The standard InChI is InChI=1S/C32H46ClFN7O3P/c1-6-20(4)22(15-27(21(5)7-2)38-24(8-3)10-13-42)17-37-30-39-31(43)41(19-29-35-11-9-12-36-29)32(44)40(30)18-23-14-25(33)26(34)16-28(23)45/h7,9,11-12,14-16,20,24,29-30,35,37,42H,6,8,10,13,17-19,45H2,1-5H3,(H,39,43)/b21-7-,22-15+,38-27?. The normalized spacial score (nSPS) is 20.8. The van der Waals surface area contributed by atoms with Gasteiger partial charge in [0.25, 0.3) is 0 Å². The van der Waals surface area contributed by atoms with Crippen molar-refractivity contribution in [2.75, 3.05) is 19.7 Å². The molecule has 5 unspecified atom stereocenters. The molecule has 4 amide bonds. The Morgan fingerprint density at radius 1 is 1.31 bits per heavy atom. The Labute approximate surface area is 273 Å². The van der Waals surface area contributed by atoms with E-state index >= 15 is 0 Å². The number of aliphatic imine (C=N–C) groups is 2. The molecule has 45 heavy (non-hydrogen) atoms. The highest BCUT2D eigenvalue weighted by Gasteiger charge is 2.39. The largest absolute Gasteiger partial charge is 0.396 e. The Balaban J connectivity index is 1.95. The maximum atomic E-state index is 14.2. The molecule has 0 bridgehead atoms. The fraction of sp³-hybridized carbons (Fsp3) is 0.500. The zero-order valence-corrected chi connectivity index (χ0v) is 28.6. The molecular formula is C32H46ClFN7O3P. The van der Waals surface area contributed by atoms with Gasteiger partial charge in [0, 0.05) is 19.4 Å². The van der Waals surface area contributed by atoms with Crippen LogP contribution in [0.2, 0.25) is 5.02 Å². The van der Waals surface area contributed by atoms with Crippen LogP contribution >= 0.6 is 20.8 Å². The number of nitrogens with one attached hydrogen (secondary N) is 3. The van der Waals surface area contributed by atoms with Gasteiger partial charge in [-0.2, -0.15) is 0 Å². The number of imide groups is 1. The number of benzene rings is 1. The number of aliphatic hydroxyl groups excluding tert-OH is 1. The van der Waals surface area contributed by atoms with Crippen LogP contribution in [0.4, 0.5) is 14.0 Å². The van der Waals surface area contributed by atoms with Gasteiger partial charge in [0.2, 0.25) is 0 Å². The van der Waals surface area contributed by atoms with Crippen LogP contribution in [0.5, 0.6) is 0 Å². The average Bonchev–Trinajstić information content (AvgIpc) is 3.03. The summed E-state index contributed by atoms with van der Waals surface area (Å²) in [6, 6.07) is 1.70. The quantitative estimate of drug-likeness (QED) is 0.158. The summed E-state index contributed by atoms with van der Waals surface area (Å²) in [6.45, 7) is 10.7. The number of nitrogens with zero attached hydrogens (tertiary/aromatic N) is 4. The summed E-state index contributed by atoms with van der Waals surface area (Å²) in [5.41, 5.74) is 3.51. The van der Waals surface area contributed by atoms with Crippen molar-refractivity contribution in [3.63, 3.8) is 0 Å². The third-order valence-electron chi connectivity index (χ3n) is 8.07. The van der Waals surface area contributed by atoms with Gasteiger partial charge in [0.05, 0.1) is 29.9 Å². The molecule has 2 heterocycles. The van der Waals surface area contributed by atoms with E-state index in [4.69, 9.17) is 16.6 Å². The molecule has 4 N–H and O–H groups in total. The van der Waals surface area contributed by atoms with Crippen molar-refractivity contribution >= 4 is 50.1 Å². The molecule has 13 heteroatoms. The molecule has 2 aliphatic heterocycles. The topological polar surface area (TPSA) is 122 Å². The van der Waals surface area contributed by atoms with Crippen LogP contribution in [0.25, 0.3) is 0 Å². The predicted octanol–water partition coefficient (Wildman–Crippen LogP) is 4.85. The number of aliphatic hydroxyl groups is 1. The first kappa shape index (κ1) is 36.4. The van der Waals surface area contributed by atoms with Gasteiger partial charge < -0.3 is 15.7 Å². The van der Waals surface area contributed by atoms with Crippen LogP contribution in [0.15, 0.2) is 57.7 Å². The molecule has 0 aliphatic carbocycles. The lowest BCUT2D eigenvalue weighted by atomic mass is 9.95. The number of urea groups is 2. The first-order valence-corrected chi connectivity index (χ1v) is 16.3. The van der Waals surface area contributed by atoms with Crippen molar-refractivity contribution in [2.24, 2.45) is 15.9 Å². The van der Waals surface area contributed by atoms with E-state index in [1.165, 1.54) is 17.0 Å². The van der Waals surface area contributed by atoms with Gasteiger partial charge in [-0.05, 0) is 86.0 Å². The van der Waals surface area contributed by atoms with Crippen LogP contribution in [0.1, 0.15) is 59.4 Å². The minimum atomic E-state index is -0.870. The number of hydrogen-bond acceptors (Lipinski definition) is 7. The number of halogens is 2. The number of carbonyl (C=O) groups is 2. The van der Waals surface area contributed by atoms with Crippen LogP contribution in [0.3, 0.4) is 0 Å². The van der Waals surface area contributed by atoms with Crippen LogP contribution in [-0.4, -0.2) is 77.1 Å². The highest BCUT2D eigenvalue weighted by molar-refractivity contribution is 7.27. The molecule has 1 saturated heterocycles. The molecule has 0 aromatic heterocycles. The second-order valence-electron chi connectivity index (χ2n) is 11.1. The molecule has 1 aromatic carbocycles. The van der Waals surface area contributed by atoms with Crippen molar-refractivity contribution in [1.29, 1.82) is 0 Å². The minimum absolute atomic E-state index is 0.0128. The van der Waals surface area contributed by atoms with Crippen LogP contribution in [-0.2, 0) is 6.54 Å². The van der Waals surface area contributed by atoms with Gasteiger partial charge in [-0.15, -0.1) is 9.24 Å². The number of rotatable bonds is 15. The molecule has 1 aromatic rings. The summed E-state index contributed by atoms with van der Waals surface area (Å²) in [6.07, 6.45) is 10.0. The maximum Gasteiger partial charge on any atom is 0.331 e. The summed E-state index contributed by atoms with van der Waals surface area (Å²) in [5, 5.41) is 19.4. The monoisotopic (exact) mass is 661 g/mol. The third kappa shape index (κ3) is 9.94. The highest BCUT2D eigenvalue weighted by atomic mass is 35.5. The van der Waals surface area contributed by atoms with Gasteiger partial charge in [-0.3, -0.25) is 20.2 Å². The first-order valence-electron chi connectivity index (χ1n) is 15.3. The van der Waals surface area contributed by atoms with E-state index < -0.39 is 30.3 Å². The van der Waals surface area contributed by atoms with E-state index in [2.05, 4.69) is 57.0 Å². The number of carbonyl (C=O) groups excluding carboxylic acids is 2. The SMILES string of the molecule is C/C=C(/C)C(/C=C(\CNC1NC(=O)N(CC2N=CC=CN2)C(=O)N1Cc1cc(Cl)c(F)cc1P)C(C)CC)=NC(CC)CCO. The Morgan fingerprint density at radius 3 is 2.69 bits per heavy atom. The summed E-state index contributed by atoms with van der Waals surface area (Å²) in [7, 11) is 2.48. The molecule has 0 radical (unpaired) electrons. The zero-order valence-electron chi connectivity index (χ0n) is 26.7. The molecule has 0 saturated carbocycles. The first-order chi connectivity index (χ1) is 21.5. The molecule has 1 fully saturated rings. The van der Waals surface area contributed by atoms with E-state index in [1.807, 2.05) is 19.9 Å². The van der Waals surface area contributed by atoms with E-state index in [0.717, 1.165) is 34.6 Å². The maximum absolute atomic E-state index is 14.2. The van der Waals surface area contributed by atoms with Crippen molar-refractivity contribution in [3.05, 3.63) is 64.1 Å². The molecule has 246 valence electrons. The second kappa shape index (κ2) is 17.5. The smallest absolute Gasteiger partial charge is 0.331 e. The van der Waals surface area contributed by atoms with E-state index in [9.17, 15) is 19.1 Å². The summed E-state index contributed by atoms with van der Waals surface area (Å²) >= 11 is 6.11. The molecule has 10 nitrogen and oxygen atoms in total. The van der Waals surface area contributed by atoms with Gasteiger partial charge in [-0.1, -0.05) is 44.0 Å². The van der Waals surface area contributed by atoms with Crippen molar-refractivity contribution < 1.29 is 19.1 Å². The fourth-order valence-corrected chi connectivity index (χ4v) is 5.34. The van der Waals surface area contributed by atoms with Gasteiger partial charge in [0.15, 0.2) is 6.29 Å². The Bertz CT molecular complexity index is 1370. The van der Waals surface area contributed by atoms with Gasteiger partial charge in [0.1, 0.15) is 12.0 Å². The van der Waals surface area contributed by atoms with E-state index in [-0.39, 0.29) is 36.7 Å². The average molecular weight is 662 g/mol. The van der Waals surface area contributed by atoms with Crippen molar-refractivity contribution in [1.82, 2.24) is 25.8 Å². The van der Waals surface area contributed by atoms with E-state index in [0.29, 0.717) is 23.8 Å². The van der Waals surface area contributed by atoms with Crippen molar-refractivity contribution in [2.45, 2.75) is 78.9 Å². The summed E-state index contributed by atoms with van der Waals surface area (Å²) in [4.78, 5) is 39.1. The second-order valence-corrected chi connectivity index (χ2v) is 12.2. The van der Waals surface area contributed by atoms with Crippen LogP contribution < -0.4 is 21.3 Å². The van der Waals surface area contributed by atoms with Crippen LogP contribution in [0, 0.1) is 11.7 Å². The molecule has 5 atom stereocenters. The highest BCUT2D eigenvalue weighted by Crippen LogP contribution is 2.22. The lowest BCUT2D eigenvalue weighted by Gasteiger charge is -2.42. The summed E-state index contributed by atoms with van der Waals surface area (Å²) in [5.74, 6) is -0.390. The minimum Gasteiger partial charge on any atom is -0.396 e. The number of amides is 4. The molecule has 2 aliphatic rings. The lowest BCUT2D eigenvalue weighted by molar-refractivity contribution is 0.0844. The van der Waals surface area contributed by atoms with Crippen molar-refractivity contribution in [3.8, 4) is 0 Å². The molecule has 0 spiro atoms. The summed E-state index contributed by atoms with van der Waals surface area (Å²) < 4.78 is 14.2. The molecule has 3 rings (SSSR count). The number of hydrogen-bond donors (Lipinski definition) is 4. The zero-order chi connectivity index (χ0) is 33.1. The Morgan fingerprint density at radius 2 is 2.07 bits per heavy atom. The predicted molar refractivity (Wildman–Crippen MR) is 183 cm³/mol.